The summed E-state index contributed by atoms with van der Waals surface area (Å²) in [7, 11) is 0. The van der Waals surface area contributed by atoms with Gasteiger partial charge in [0.2, 0.25) is 11.8 Å². The maximum absolute atomic E-state index is 12.9. The zero-order valence-electron chi connectivity index (χ0n) is 19.4. The van der Waals surface area contributed by atoms with E-state index >= 15 is 0 Å². The van der Waals surface area contributed by atoms with E-state index in [1.54, 1.807) is 12.1 Å². The molecule has 0 aromatic heterocycles. The topological polar surface area (TPSA) is 134 Å². The molecular formula is C25H29N3O7. The summed E-state index contributed by atoms with van der Waals surface area (Å²) in [5, 5.41) is 14.8. The van der Waals surface area contributed by atoms with Crippen molar-refractivity contribution in [1.29, 1.82) is 0 Å². The van der Waals surface area contributed by atoms with E-state index in [1.807, 2.05) is 48.5 Å². The number of nitrogens with one attached hydrogen (secondary N) is 2. The molecular weight excluding hydrogens is 454 g/mol. The molecule has 0 aliphatic carbocycles. The first kappa shape index (κ1) is 25.7. The van der Waals surface area contributed by atoms with Crippen LogP contribution >= 0.6 is 0 Å². The van der Waals surface area contributed by atoms with Crippen LogP contribution in [0.15, 0.2) is 60.7 Å². The van der Waals surface area contributed by atoms with E-state index in [0.29, 0.717) is 0 Å². The predicted molar refractivity (Wildman–Crippen MR) is 125 cm³/mol. The predicted octanol–water partition coefficient (Wildman–Crippen LogP) is 1.12. The molecule has 3 amide bonds. The van der Waals surface area contributed by atoms with Gasteiger partial charge < -0.3 is 30.1 Å². The third kappa shape index (κ3) is 7.82. The highest BCUT2D eigenvalue weighted by Crippen LogP contribution is 2.21. The maximum atomic E-state index is 12.9. The van der Waals surface area contributed by atoms with Crippen molar-refractivity contribution < 1.29 is 33.8 Å². The molecule has 186 valence electrons. The highest BCUT2D eigenvalue weighted by atomic mass is 16.5. The van der Waals surface area contributed by atoms with Crippen LogP contribution in [-0.4, -0.2) is 65.2 Å². The lowest BCUT2D eigenvalue weighted by molar-refractivity contribution is -0.155. The molecule has 2 aromatic carbocycles. The first-order chi connectivity index (χ1) is 16.8. The number of aliphatic hydroxyl groups is 1. The first-order valence-electron chi connectivity index (χ1n) is 11.3. The van der Waals surface area contributed by atoms with Gasteiger partial charge in [-0.25, -0.2) is 9.59 Å². The SMILES string of the molecule is CC(NC(=O)CNC(=O)OCc1ccccc1)C(=O)N1CC(O)CC1C(=O)OCc1ccccc1. The number of amides is 3. The number of hydrogen-bond donors (Lipinski definition) is 3. The van der Waals surface area contributed by atoms with Crippen molar-refractivity contribution >= 4 is 23.9 Å². The van der Waals surface area contributed by atoms with Gasteiger partial charge in [0.15, 0.2) is 0 Å². The molecule has 1 aliphatic rings. The van der Waals surface area contributed by atoms with Crippen LogP contribution in [0.3, 0.4) is 0 Å². The second-order valence-electron chi connectivity index (χ2n) is 8.19. The Balaban J connectivity index is 1.44. The van der Waals surface area contributed by atoms with Crippen molar-refractivity contribution in [2.75, 3.05) is 13.1 Å². The minimum Gasteiger partial charge on any atom is -0.459 e. The number of alkyl carbamates (subject to hydrolysis) is 1. The Labute approximate surface area is 203 Å². The Bertz CT molecular complexity index is 1020. The standard InChI is InChI=1S/C25H29N3O7/c1-17(27-22(30)13-26-25(33)35-16-19-10-6-3-7-11-19)23(31)28-14-20(29)12-21(28)24(32)34-15-18-8-4-2-5-9-18/h2-11,17,20-21,29H,12-16H2,1H3,(H,26,33)(H,27,30). The van der Waals surface area contributed by atoms with Gasteiger partial charge in [0.05, 0.1) is 6.10 Å². The quantitative estimate of drug-likeness (QED) is 0.455. The van der Waals surface area contributed by atoms with E-state index < -0.39 is 48.6 Å². The zero-order chi connectivity index (χ0) is 25.2. The molecule has 0 spiro atoms. The van der Waals surface area contributed by atoms with E-state index in [9.17, 15) is 24.3 Å². The molecule has 10 nitrogen and oxygen atoms in total. The molecule has 1 fully saturated rings. The number of benzene rings is 2. The lowest BCUT2D eigenvalue weighted by Crippen LogP contribution is -2.52. The summed E-state index contributed by atoms with van der Waals surface area (Å²) in [6.45, 7) is 1.13. The molecule has 3 N–H and O–H groups in total. The van der Waals surface area contributed by atoms with Crippen molar-refractivity contribution in [2.24, 2.45) is 0 Å². The fraction of sp³-hybridized carbons (Fsp3) is 0.360. The van der Waals surface area contributed by atoms with Crippen molar-refractivity contribution in [3.63, 3.8) is 0 Å². The zero-order valence-corrected chi connectivity index (χ0v) is 19.4. The van der Waals surface area contributed by atoms with Gasteiger partial charge in [0.1, 0.15) is 31.8 Å². The van der Waals surface area contributed by atoms with Crippen molar-refractivity contribution in [3.05, 3.63) is 71.8 Å². The summed E-state index contributed by atoms with van der Waals surface area (Å²) in [5.74, 6) is -1.77. The van der Waals surface area contributed by atoms with Gasteiger partial charge in [0.25, 0.3) is 0 Å². The van der Waals surface area contributed by atoms with Crippen LogP contribution in [0.25, 0.3) is 0 Å². The largest absolute Gasteiger partial charge is 0.459 e. The Morgan fingerprint density at radius 3 is 2.14 bits per heavy atom. The fourth-order valence-corrected chi connectivity index (χ4v) is 3.64. The molecule has 3 rings (SSSR count). The third-order valence-electron chi connectivity index (χ3n) is 5.41. The van der Waals surface area contributed by atoms with Gasteiger partial charge in [-0.15, -0.1) is 0 Å². The van der Waals surface area contributed by atoms with E-state index in [4.69, 9.17) is 9.47 Å². The molecule has 3 unspecified atom stereocenters. The van der Waals surface area contributed by atoms with Gasteiger partial charge in [-0.1, -0.05) is 60.7 Å². The molecule has 3 atom stereocenters. The Hall–Kier alpha value is -3.92. The van der Waals surface area contributed by atoms with E-state index in [2.05, 4.69) is 10.6 Å². The van der Waals surface area contributed by atoms with E-state index in [-0.39, 0.29) is 26.2 Å². The number of esters is 1. The van der Waals surface area contributed by atoms with Gasteiger partial charge in [-0.3, -0.25) is 9.59 Å². The summed E-state index contributed by atoms with van der Waals surface area (Å²) < 4.78 is 10.4. The second kappa shape index (κ2) is 12.5. The molecule has 0 radical (unpaired) electrons. The smallest absolute Gasteiger partial charge is 0.407 e. The van der Waals surface area contributed by atoms with Gasteiger partial charge in [-0.2, -0.15) is 0 Å². The molecule has 0 bridgehead atoms. The first-order valence-corrected chi connectivity index (χ1v) is 11.3. The third-order valence-corrected chi connectivity index (χ3v) is 5.41. The number of rotatable bonds is 9. The van der Waals surface area contributed by atoms with Crippen molar-refractivity contribution in [3.8, 4) is 0 Å². The summed E-state index contributed by atoms with van der Waals surface area (Å²) in [5.41, 5.74) is 1.60. The average Bonchev–Trinajstić information content (AvgIpc) is 3.27. The lowest BCUT2D eigenvalue weighted by atomic mass is 10.2. The fourth-order valence-electron chi connectivity index (χ4n) is 3.64. The van der Waals surface area contributed by atoms with Crippen LogP contribution in [0.4, 0.5) is 4.79 Å². The number of β-amino-alcohol motifs (C(OH)–C–C–N with tert-alkyl or cyclic N) is 1. The molecule has 10 heteroatoms. The van der Waals surface area contributed by atoms with Crippen LogP contribution < -0.4 is 10.6 Å². The second-order valence-corrected chi connectivity index (χ2v) is 8.19. The Kier molecular flexibility index (Phi) is 9.19. The number of likely N-dealkylation sites (tertiary alicyclic amines) is 1. The summed E-state index contributed by atoms with van der Waals surface area (Å²) in [4.78, 5) is 50.7. The van der Waals surface area contributed by atoms with E-state index in [1.165, 1.54) is 11.8 Å². The molecule has 0 saturated carbocycles. The normalized spacial score (nSPS) is 17.8. The summed E-state index contributed by atoms with van der Waals surface area (Å²) in [6, 6.07) is 16.2. The van der Waals surface area contributed by atoms with Crippen LogP contribution in [-0.2, 0) is 37.1 Å². The van der Waals surface area contributed by atoms with Crippen LogP contribution in [0.1, 0.15) is 24.5 Å². The van der Waals surface area contributed by atoms with Crippen LogP contribution in [0.2, 0.25) is 0 Å². The number of aliphatic hydroxyl groups excluding tert-OH is 1. The van der Waals surface area contributed by atoms with Crippen LogP contribution in [0.5, 0.6) is 0 Å². The number of nitrogens with zero attached hydrogens (tertiary/aromatic N) is 1. The van der Waals surface area contributed by atoms with Gasteiger partial charge in [-0.05, 0) is 18.1 Å². The Morgan fingerprint density at radius 2 is 1.54 bits per heavy atom. The van der Waals surface area contributed by atoms with Crippen LogP contribution in [0, 0.1) is 0 Å². The molecule has 1 saturated heterocycles. The molecule has 1 heterocycles. The highest BCUT2D eigenvalue weighted by molar-refractivity contribution is 5.92. The summed E-state index contributed by atoms with van der Waals surface area (Å²) >= 11 is 0. The Morgan fingerprint density at radius 1 is 0.971 bits per heavy atom. The van der Waals surface area contributed by atoms with E-state index in [0.717, 1.165) is 11.1 Å². The van der Waals surface area contributed by atoms with Crippen molar-refractivity contribution in [2.45, 2.75) is 44.7 Å². The van der Waals surface area contributed by atoms with Gasteiger partial charge in [0, 0.05) is 13.0 Å². The monoisotopic (exact) mass is 483 g/mol. The number of carbonyl (C=O) groups excluding carboxylic acids is 4. The minimum atomic E-state index is -0.987. The van der Waals surface area contributed by atoms with Gasteiger partial charge >= 0.3 is 12.1 Å². The molecule has 2 aromatic rings. The van der Waals surface area contributed by atoms with Crippen molar-refractivity contribution in [1.82, 2.24) is 15.5 Å². The number of ether oxygens (including phenoxy) is 2. The summed E-state index contributed by atoms with van der Waals surface area (Å²) in [6.07, 6.45) is -1.60. The highest BCUT2D eigenvalue weighted by Gasteiger charge is 2.41. The molecule has 35 heavy (non-hydrogen) atoms. The maximum Gasteiger partial charge on any atom is 0.407 e. The number of hydrogen-bond acceptors (Lipinski definition) is 7. The number of carbonyl (C=O) groups is 4. The average molecular weight is 484 g/mol. The minimum absolute atomic E-state index is 0.0474. The lowest BCUT2D eigenvalue weighted by Gasteiger charge is -2.26. The molecule has 1 aliphatic heterocycles.